The lowest BCUT2D eigenvalue weighted by Crippen LogP contribution is -2.31. The van der Waals surface area contributed by atoms with Gasteiger partial charge in [-0.3, -0.25) is 0 Å². The molecule has 1 nitrogen and oxygen atoms in total. The van der Waals surface area contributed by atoms with Gasteiger partial charge in [-0.05, 0) is 39.7 Å². The van der Waals surface area contributed by atoms with Crippen molar-refractivity contribution in [3.63, 3.8) is 0 Å². The van der Waals surface area contributed by atoms with Gasteiger partial charge in [0.15, 0.2) is 0 Å². The molecule has 0 N–H and O–H groups in total. The summed E-state index contributed by atoms with van der Waals surface area (Å²) >= 11 is 0. The summed E-state index contributed by atoms with van der Waals surface area (Å²) in [5, 5.41) is 0. The lowest BCUT2D eigenvalue weighted by atomic mass is 10.2. The van der Waals surface area contributed by atoms with E-state index in [2.05, 4.69) is 18.7 Å². The zero-order chi connectivity index (χ0) is 8.27. The van der Waals surface area contributed by atoms with Crippen LogP contribution in [-0.4, -0.2) is 30.2 Å². The van der Waals surface area contributed by atoms with E-state index in [-0.39, 0.29) is 0 Å². The van der Waals surface area contributed by atoms with Gasteiger partial charge >= 0.3 is 0 Å². The molecule has 66 valence electrons. The number of halogens is 1. The number of likely N-dealkylation sites (tertiary alicyclic amines) is 1. The number of hydrogen-bond acceptors (Lipinski definition) is 1. The molecule has 2 heteroatoms. The van der Waals surface area contributed by atoms with Crippen molar-refractivity contribution < 1.29 is 4.39 Å². The summed E-state index contributed by atoms with van der Waals surface area (Å²) in [6.07, 6.45) is 1.99. The quantitative estimate of drug-likeness (QED) is 0.567. The molecule has 11 heavy (non-hydrogen) atoms. The summed E-state index contributed by atoms with van der Waals surface area (Å²) < 4.78 is 12.9. The van der Waals surface area contributed by atoms with Crippen LogP contribution in [0.25, 0.3) is 0 Å². The average molecular weight is 159 g/mol. The van der Waals surface area contributed by atoms with Gasteiger partial charge in [0.25, 0.3) is 0 Å². The van der Waals surface area contributed by atoms with Crippen LogP contribution in [0.5, 0.6) is 0 Å². The van der Waals surface area contributed by atoms with Crippen LogP contribution in [0.1, 0.15) is 33.1 Å². The molecule has 0 aromatic heterocycles. The maximum absolute atomic E-state index is 12.9. The molecule has 1 atom stereocenters. The topological polar surface area (TPSA) is 3.24 Å². The molecule has 1 unspecified atom stereocenters. The Labute approximate surface area is 68.6 Å². The Hall–Kier alpha value is -0.110. The van der Waals surface area contributed by atoms with E-state index in [1.165, 1.54) is 0 Å². The molecule has 1 rings (SSSR count). The van der Waals surface area contributed by atoms with Gasteiger partial charge in [-0.15, -0.1) is 0 Å². The maximum Gasteiger partial charge on any atom is 0.101 e. The highest BCUT2D eigenvalue weighted by atomic mass is 19.1. The van der Waals surface area contributed by atoms with Gasteiger partial charge in [0.1, 0.15) is 6.17 Å². The molecule has 1 heterocycles. The summed E-state index contributed by atoms with van der Waals surface area (Å²) in [7, 11) is 0. The summed E-state index contributed by atoms with van der Waals surface area (Å²) in [6, 6.07) is 0.584. The number of alkyl halides is 1. The molecule has 0 aliphatic carbocycles. The number of hydrogen-bond donors (Lipinski definition) is 0. The summed E-state index contributed by atoms with van der Waals surface area (Å²) in [5.41, 5.74) is 0. The molecule has 1 fully saturated rings. The van der Waals surface area contributed by atoms with Crippen LogP contribution in [0.3, 0.4) is 0 Å². The zero-order valence-electron chi connectivity index (χ0n) is 7.52. The molecule has 1 aliphatic rings. The van der Waals surface area contributed by atoms with Gasteiger partial charge in [-0.2, -0.15) is 0 Å². The molecule has 0 amide bonds. The third-order valence-corrected chi connectivity index (χ3v) is 2.42. The van der Waals surface area contributed by atoms with Crippen LogP contribution in [-0.2, 0) is 0 Å². The normalized spacial score (nSPS) is 28.9. The minimum Gasteiger partial charge on any atom is -0.301 e. The smallest absolute Gasteiger partial charge is 0.101 e. The summed E-state index contributed by atoms with van der Waals surface area (Å²) in [4.78, 5) is 2.36. The first-order valence-corrected chi connectivity index (χ1v) is 4.58. The third-order valence-electron chi connectivity index (χ3n) is 2.42. The Morgan fingerprint density at radius 2 is 2.00 bits per heavy atom. The second kappa shape index (κ2) is 4.05. The van der Waals surface area contributed by atoms with E-state index in [0.29, 0.717) is 6.04 Å². The van der Waals surface area contributed by atoms with Gasteiger partial charge in [0, 0.05) is 12.6 Å². The highest BCUT2D eigenvalue weighted by Gasteiger charge is 2.17. The first-order chi connectivity index (χ1) is 5.20. The molecule has 1 saturated heterocycles. The first kappa shape index (κ1) is 8.98. The standard InChI is InChI=1S/C9H18FN/c1-8(2)11-6-3-4-9(10)5-7-11/h8-9H,3-7H2,1-2H3. The van der Waals surface area contributed by atoms with Gasteiger partial charge in [-0.1, -0.05) is 0 Å². The Bertz CT molecular complexity index is 114. The van der Waals surface area contributed by atoms with Crippen LogP contribution in [0.2, 0.25) is 0 Å². The Morgan fingerprint density at radius 1 is 1.27 bits per heavy atom. The molecule has 0 spiro atoms. The van der Waals surface area contributed by atoms with E-state index >= 15 is 0 Å². The van der Waals surface area contributed by atoms with Crippen molar-refractivity contribution in [3.8, 4) is 0 Å². The van der Waals surface area contributed by atoms with Crippen LogP contribution in [0, 0.1) is 0 Å². The molecule has 0 aromatic carbocycles. The lowest BCUT2D eigenvalue weighted by molar-refractivity contribution is 0.221. The van der Waals surface area contributed by atoms with Gasteiger partial charge in [0.2, 0.25) is 0 Å². The lowest BCUT2D eigenvalue weighted by Gasteiger charge is -2.23. The first-order valence-electron chi connectivity index (χ1n) is 4.58. The van der Waals surface area contributed by atoms with Crippen molar-refractivity contribution in [2.45, 2.75) is 45.3 Å². The highest BCUT2D eigenvalue weighted by molar-refractivity contribution is 4.71. The fourth-order valence-corrected chi connectivity index (χ4v) is 1.59. The van der Waals surface area contributed by atoms with Crippen molar-refractivity contribution in [3.05, 3.63) is 0 Å². The van der Waals surface area contributed by atoms with Crippen LogP contribution in [0.4, 0.5) is 4.39 Å². The third kappa shape index (κ3) is 2.78. The number of rotatable bonds is 1. The second-order valence-electron chi connectivity index (χ2n) is 3.66. The van der Waals surface area contributed by atoms with Crippen LogP contribution >= 0.6 is 0 Å². The highest BCUT2D eigenvalue weighted by Crippen LogP contribution is 2.15. The van der Waals surface area contributed by atoms with Crippen molar-refractivity contribution in [2.24, 2.45) is 0 Å². The predicted octanol–water partition coefficient (Wildman–Crippen LogP) is 2.22. The SMILES string of the molecule is CC(C)N1CCCC(F)CC1. The minimum atomic E-state index is -0.543. The molecular formula is C9H18FN. The van der Waals surface area contributed by atoms with E-state index in [9.17, 15) is 4.39 Å². The second-order valence-corrected chi connectivity index (χ2v) is 3.66. The molecule has 0 saturated carbocycles. The van der Waals surface area contributed by atoms with E-state index in [0.717, 1.165) is 32.4 Å². The Kier molecular flexibility index (Phi) is 3.31. The van der Waals surface area contributed by atoms with Gasteiger partial charge in [-0.25, -0.2) is 4.39 Å². The predicted molar refractivity (Wildman–Crippen MR) is 45.5 cm³/mol. The van der Waals surface area contributed by atoms with Gasteiger partial charge < -0.3 is 4.90 Å². The molecular weight excluding hydrogens is 141 g/mol. The maximum atomic E-state index is 12.9. The van der Waals surface area contributed by atoms with Crippen molar-refractivity contribution in [2.75, 3.05) is 13.1 Å². The van der Waals surface area contributed by atoms with Crippen LogP contribution in [0.15, 0.2) is 0 Å². The summed E-state index contributed by atoms with van der Waals surface area (Å²) in [6.45, 7) is 6.38. The van der Waals surface area contributed by atoms with Crippen molar-refractivity contribution in [1.82, 2.24) is 4.90 Å². The van der Waals surface area contributed by atoms with Crippen molar-refractivity contribution in [1.29, 1.82) is 0 Å². The molecule has 1 aliphatic heterocycles. The van der Waals surface area contributed by atoms with Gasteiger partial charge in [0.05, 0.1) is 0 Å². The monoisotopic (exact) mass is 159 g/mol. The van der Waals surface area contributed by atoms with Crippen LogP contribution < -0.4 is 0 Å². The summed E-state index contributed by atoms with van der Waals surface area (Å²) in [5.74, 6) is 0. The average Bonchev–Trinajstić information content (AvgIpc) is 2.13. The van der Waals surface area contributed by atoms with E-state index in [1.54, 1.807) is 0 Å². The fraction of sp³-hybridized carbons (Fsp3) is 1.00. The number of nitrogens with zero attached hydrogens (tertiary/aromatic N) is 1. The van der Waals surface area contributed by atoms with Crippen molar-refractivity contribution >= 4 is 0 Å². The molecule has 0 aromatic rings. The molecule has 0 bridgehead atoms. The largest absolute Gasteiger partial charge is 0.301 e. The molecule has 0 radical (unpaired) electrons. The van der Waals surface area contributed by atoms with E-state index in [4.69, 9.17) is 0 Å². The Balaban J connectivity index is 2.34. The fourth-order valence-electron chi connectivity index (χ4n) is 1.59. The zero-order valence-corrected chi connectivity index (χ0v) is 7.52. The van der Waals surface area contributed by atoms with E-state index < -0.39 is 6.17 Å². The Morgan fingerprint density at radius 3 is 2.64 bits per heavy atom. The van der Waals surface area contributed by atoms with E-state index in [1.807, 2.05) is 0 Å². The minimum absolute atomic E-state index is 0.543.